The number of ether oxygens (including phenoxy) is 2. The highest BCUT2D eigenvalue weighted by Crippen LogP contribution is 2.29. The first-order valence-electron chi connectivity index (χ1n) is 9.95. The topological polar surface area (TPSA) is 80.7 Å². The zero-order chi connectivity index (χ0) is 20.6. The lowest BCUT2D eigenvalue weighted by Gasteiger charge is -2.28. The van der Waals surface area contributed by atoms with Crippen molar-refractivity contribution < 1.29 is 23.8 Å². The summed E-state index contributed by atoms with van der Waals surface area (Å²) in [5.41, 5.74) is 1.68. The molecule has 1 heterocycles. The molecule has 0 aliphatic heterocycles. The minimum atomic E-state index is -0.527. The van der Waals surface area contributed by atoms with Crippen LogP contribution < -0.4 is 10.1 Å². The lowest BCUT2D eigenvalue weighted by atomic mass is 9.92. The first-order chi connectivity index (χ1) is 14.1. The van der Waals surface area contributed by atoms with Gasteiger partial charge in [-0.1, -0.05) is 25.0 Å². The Morgan fingerprint density at radius 2 is 2.00 bits per heavy atom. The number of amides is 1. The standard InChI is InChI=1S/C22H27FN2O4/c1-28-11-4-12-29-22-18(15-7-9-17(23)10-8-15)13-16(14-24-22)21(27)25-19-5-2-3-6-20(19)26/h7-10,13-14,19-20,26H,2-6,11-12H2,1H3,(H,25,27)/t19?,20-/m1/s1. The van der Waals surface area contributed by atoms with Gasteiger partial charge >= 0.3 is 0 Å². The van der Waals surface area contributed by atoms with Gasteiger partial charge in [0.2, 0.25) is 5.88 Å². The molecule has 2 N–H and O–H groups in total. The molecule has 1 fully saturated rings. The van der Waals surface area contributed by atoms with Gasteiger partial charge in [-0.15, -0.1) is 0 Å². The van der Waals surface area contributed by atoms with E-state index in [1.165, 1.54) is 18.3 Å². The molecule has 156 valence electrons. The third-order valence-corrected chi connectivity index (χ3v) is 5.05. The van der Waals surface area contributed by atoms with E-state index in [1.54, 1.807) is 25.3 Å². The molecule has 1 aromatic heterocycles. The SMILES string of the molecule is COCCCOc1ncc(C(=O)NC2CCCC[C@H]2O)cc1-c1ccc(F)cc1. The number of carbonyl (C=O) groups is 1. The Labute approximate surface area is 170 Å². The molecular weight excluding hydrogens is 375 g/mol. The van der Waals surface area contributed by atoms with Crippen molar-refractivity contribution in [3.05, 3.63) is 47.9 Å². The predicted octanol–water partition coefficient (Wildman–Crippen LogP) is 3.34. The number of hydrogen-bond donors (Lipinski definition) is 2. The van der Waals surface area contributed by atoms with Crippen LogP contribution in [0.5, 0.6) is 5.88 Å². The molecule has 0 spiro atoms. The lowest BCUT2D eigenvalue weighted by molar-refractivity contribution is 0.0717. The van der Waals surface area contributed by atoms with Crippen LogP contribution in [0.3, 0.4) is 0 Å². The van der Waals surface area contributed by atoms with E-state index in [2.05, 4.69) is 10.3 Å². The van der Waals surface area contributed by atoms with Gasteiger partial charge in [0, 0.05) is 31.9 Å². The van der Waals surface area contributed by atoms with Crippen LogP contribution in [0.1, 0.15) is 42.5 Å². The second-order valence-corrected chi connectivity index (χ2v) is 7.21. The molecule has 0 radical (unpaired) electrons. The summed E-state index contributed by atoms with van der Waals surface area (Å²) in [5.74, 6) is -0.260. The van der Waals surface area contributed by atoms with Crippen molar-refractivity contribution in [1.82, 2.24) is 10.3 Å². The molecule has 29 heavy (non-hydrogen) atoms. The number of rotatable bonds is 8. The molecule has 0 saturated heterocycles. The molecule has 1 aromatic carbocycles. The Bertz CT molecular complexity index is 813. The maximum Gasteiger partial charge on any atom is 0.253 e. The van der Waals surface area contributed by atoms with Crippen LogP contribution in [-0.4, -0.2) is 48.5 Å². The summed E-state index contributed by atoms with van der Waals surface area (Å²) in [6, 6.07) is 7.40. The Balaban J connectivity index is 1.81. The summed E-state index contributed by atoms with van der Waals surface area (Å²) < 4.78 is 24.1. The van der Waals surface area contributed by atoms with Crippen LogP contribution in [0.25, 0.3) is 11.1 Å². The van der Waals surface area contributed by atoms with Crippen LogP contribution in [0.4, 0.5) is 4.39 Å². The van der Waals surface area contributed by atoms with Gasteiger partial charge in [-0.2, -0.15) is 0 Å². The average molecular weight is 402 g/mol. The Hall–Kier alpha value is -2.51. The smallest absolute Gasteiger partial charge is 0.253 e. The number of halogens is 1. The molecule has 0 bridgehead atoms. The zero-order valence-corrected chi connectivity index (χ0v) is 16.6. The molecule has 3 rings (SSSR count). The maximum absolute atomic E-state index is 13.3. The highest BCUT2D eigenvalue weighted by molar-refractivity contribution is 5.95. The van der Waals surface area contributed by atoms with Crippen molar-refractivity contribution in [3.63, 3.8) is 0 Å². The largest absolute Gasteiger partial charge is 0.477 e. The zero-order valence-electron chi connectivity index (χ0n) is 16.6. The van der Waals surface area contributed by atoms with Gasteiger partial charge in [-0.25, -0.2) is 9.37 Å². The number of aliphatic hydroxyl groups excluding tert-OH is 1. The summed E-state index contributed by atoms with van der Waals surface area (Å²) in [6.07, 6.45) is 5.03. The van der Waals surface area contributed by atoms with E-state index in [0.29, 0.717) is 48.6 Å². The normalized spacial score (nSPS) is 19.0. The van der Waals surface area contributed by atoms with Gasteiger partial charge in [0.25, 0.3) is 5.91 Å². The molecule has 1 saturated carbocycles. The summed E-state index contributed by atoms with van der Waals surface area (Å²) in [5, 5.41) is 13.0. The van der Waals surface area contributed by atoms with E-state index in [4.69, 9.17) is 9.47 Å². The van der Waals surface area contributed by atoms with Crippen molar-refractivity contribution in [1.29, 1.82) is 0 Å². The van der Waals surface area contributed by atoms with Gasteiger partial charge in [0.1, 0.15) is 5.82 Å². The van der Waals surface area contributed by atoms with Crippen LogP contribution >= 0.6 is 0 Å². The van der Waals surface area contributed by atoms with Gasteiger partial charge in [0.15, 0.2) is 0 Å². The molecule has 1 aliphatic rings. The van der Waals surface area contributed by atoms with Crippen molar-refractivity contribution in [2.75, 3.05) is 20.3 Å². The van der Waals surface area contributed by atoms with Crippen LogP contribution in [-0.2, 0) is 4.74 Å². The Morgan fingerprint density at radius 3 is 2.72 bits per heavy atom. The molecule has 7 heteroatoms. The van der Waals surface area contributed by atoms with Crippen molar-refractivity contribution >= 4 is 5.91 Å². The number of nitrogens with one attached hydrogen (secondary N) is 1. The minimum absolute atomic E-state index is 0.254. The fourth-order valence-electron chi connectivity index (χ4n) is 3.43. The highest BCUT2D eigenvalue weighted by Gasteiger charge is 2.25. The number of carbonyl (C=O) groups excluding carboxylic acids is 1. The summed E-state index contributed by atoms with van der Waals surface area (Å²) >= 11 is 0. The minimum Gasteiger partial charge on any atom is -0.477 e. The number of aliphatic hydroxyl groups is 1. The molecule has 1 unspecified atom stereocenters. The Kier molecular flexibility index (Phi) is 7.55. The third kappa shape index (κ3) is 5.74. The molecular formula is C22H27FN2O4. The molecule has 1 aliphatic carbocycles. The Morgan fingerprint density at radius 1 is 1.24 bits per heavy atom. The summed E-state index contributed by atoms with van der Waals surface area (Å²) in [6.45, 7) is 0.977. The summed E-state index contributed by atoms with van der Waals surface area (Å²) in [4.78, 5) is 17.1. The molecule has 6 nitrogen and oxygen atoms in total. The van der Waals surface area contributed by atoms with Gasteiger partial charge in [0.05, 0.1) is 24.3 Å². The van der Waals surface area contributed by atoms with Crippen LogP contribution in [0.15, 0.2) is 36.5 Å². The monoisotopic (exact) mass is 402 g/mol. The summed E-state index contributed by atoms with van der Waals surface area (Å²) in [7, 11) is 1.62. The van der Waals surface area contributed by atoms with Crippen LogP contribution in [0.2, 0.25) is 0 Å². The second kappa shape index (κ2) is 10.3. The van der Waals surface area contributed by atoms with Crippen molar-refractivity contribution in [3.8, 4) is 17.0 Å². The molecule has 1 amide bonds. The number of nitrogens with zero attached hydrogens (tertiary/aromatic N) is 1. The molecule has 2 atom stereocenters. The number of methoxy groups -OCH3 is 1. The van der Waals surface area contributed by atoms with Crippen molar-refractivity contribution in [2.24, 2.45) is 0 Å². The lowest BCUT2D eigenvalue weighted by Crippen LogP contribution is -2.45. The number of pyridine rings is 1. The fraction of sp³-hybridized carbons (Fsp3) is 0.455. The average Bonchev–Trinajstić information content (AvgIpc) is 2.73. The molecule has 2 aromatic rings. The quantitative estimate of drug-likeness (QED) is 0.662. The number of hydrogen-bond acceptors (Lipinski definition) is 5. The fourth-order valence-corrected chi connectivity index (χ4v) is 3.43. The number of benzene rings is 1. The van der Waals surface area contributed by atoms with E-state index in [9.17, 15) is 14.3 Å². The maximum atomic E-state index is 13.3. The number of aromatic nitrogens is 1. The van der Waals surface area contributed by atoms with E-state index in [-0.39, 0.29) is 17.8 Å². The van der Waals surface area contributed by atoms with E-state index >= 15 is 0 Å². The van der Waals surface area contributed by atoms with Crippen LogP contribution in [0, 0.1) is 5.82 Å². The van der Waals surface area contributed by atoms with Gasteiger partial charge < -0.3 is 19.9 Å². The predicted molar refractivity (Wildman–Crippen MR) is 107 cm³/mol. The first kappa shape index (κ1) is 21.2. The van der Waals surface area contributed by atoms with E-state index in [1.807, 2.05) is 0 Å². The second-order valence-electron chi connectivity index (χ2n) is 7.21. The van der Waals surface area contributed by atoms with Gasteiger partial charge in [-0.05, 0) is 36.6 Å². The van der Waals surface area contributed by atoms with E-state index < -0.39 is 6.10 Å². The van der Waals surface area contributed by atoms with Crippen molar-refractivity contribution in [2.45, 2.75) is 44.2 Å². The third-order valence-electron chi connectivity index (χ3n) is 5.05. The first-order valence-corrected chi connectivity index (χ1v) is 9.95. The van der Waals surface area contributed by atoms with Gasteiger partial charge in [-0.3, -0.25) is 4.79 Å². The highest BCUT2D eigenvalue weighted by atomic mass is 19.1. The van der Waals surface area contributed by atoms with E-state index in [0.717, 1.165) is 19.3 Å².